The maximum Gasteiger partial charge on any atom is 0.0209 e. The first-order valence-electron chi connectivity index (χ1n) is 9.76. The van der Waals surface area contributed by atoms with Crippen LogP contribution in [0.25, 0.3) is 0 Å². The molecule has 2 rings (SSSR count). The Kier molecular flexibility index (Phi) is 8.54. The lowest BCUT2D eigenvalue weighted by molar-refractivity contribution is 0.250. The molecule has 2 saturated carbocycles. The van der Waals surface area contributed by atoms with Crippen molar-refractivity contribution in [3.8, 4) is 11.8 Å². The molecule has 0 saturated heterocycles. The Morgan fingerprint density at radius 1 is 0.773 bits per heavy atom. The Labute approximate surface area is 138 Å². The minimum atomic E-state index is 0.607. The van der Waals surface area contributed by atoms with E-state index in [0.29, 0.717) is 5.92 Å². The quantitative estimate of drug-likeness (QED) is 0.641. The van der Waals surface area contributed by atoms with Gasteiger partial charge in [-0.05, 0) is 31.1 Å². The van der Waals surface area contributed by atoms with Gasteiger partial charge in [-0.2, -0.15) is 0 Å². The number of hydrogen-bond acceptors (Lipinski definition) is 1. The van der Waals surface area contributed by atoms with E-state index in [-0.39, 0.29) is 0 Å². The first-order valence-corrected chi connectivity index (χ1v) is 9.76. The molecule has 2 N–H and O–H groups in total. The van der Waals surface area contributed by atoms with Crippen LogP contribution in [0.1, 0.15) is 89.9 Å². The number of hydrogen-bond donors (Lipinski definition) is 1. The topological polar surface area (TPSA) is 26.0 Å². The van der Waals surface area contributed by atoms with E-state index in [1.165, 1.54) is 89.9 Å². The van der Waals surface area contributed by atoms with Crippen molar-refractivity contribution < 1.29 is 0 Å². The lowest BCUT2D eigenvalue weighted by Gasteiger charge is -2.28. The average molecular weight is 302 g/mol. The molecular weight excluding hydrogens is 266 g/mol. The van der Waals surface area contributed by atoms with Gasteiger partial charge in [-0.15, -0.1) is 0 Å². The molecule has 0 aromatic rings. The molecule has 0 spiro atoms. The van der Waals surface area contributed by atoms with Crippen molar-refractivity contribution in [2.45, 2.75) is 89.9 Å². The maximum atomic E-state index is 5.40. The summed E-state index contributed by atoms with van der Waals surface area (Å²) in [4.78, 5) is 0. The highest BCUT2D eigenvalue weighted by Crippen LogP contribution is 2.34. The van der Waals surface area contributed by atoms with Crippen molar-refractivity contribution in [3.63, 3.8) is 0 Å². The van der Waals surface area contributed by atoms with Crippen LogP contribution in [0, 0.1) is 29.6 Å². The Hall–Kier alpha value is -0.900. The summed E-state index contributed by atoms with van der Waals surface area (Å²) in [5.41, 5.74) is 5.40. The van der Waals surface area contributed by atoms with Crippen LogP contribution < -0.4 is 5.73 Å². The highest BCUT2D eigenvalue weighted by Gasteiger charge is 2.21. The van der Waals surface area contributed by atoms with Gasteiger partial charge in [0, 0.05) is 18.2 Å². The van der Waals surface area contributed by atoms with Gasteiger partial charge in [-0.3, -0.25) is 0 Å². The van der Waals surface area contributed by atoms with Crippen molar-refractivity contribution >= 4 is 0 Å². The van der Waals surface area contributed by atoms with E-state index >= 15 is 0 Å². The summed E-state index contributed by atoms with van der Waals surface area (Å²) in [6.45, 7) is 0. The van der Waals surface area contributed by atoms with Crippen molar-refractivity contribution in [2.24, 2.45) is 23.5 Å². The van der Waals surface area contributed by atoms with Crippen LogP contribution >= 0.6 is 0 Å². The Morgan fingerprint density at radius 3 is 2.09 bits per heavy atom. The van der Waals surface area contributed by atoms with Gasteiger partial charge in [0.05, 0.1) is 0 Å². The van der Waals surface area contributed by atoms with Crippen LogP contribution in [-0.4, -0.2) is 0 Å². The molecule has 2 fully saturated rings. The minimum absolute atomic E-state index is 0.607. The Bertz CT molecular complexity index is 365. The molecule has 0 aromatic heterocycles. The highest BCUT2D eigenvalue weighted by atomic mass is 14.5. The summed E-state index contributed by atoms with van der Waals surface area (Å²) < 4.78 is 0. The molecule has 2 unspecified atom stereocenters. The first kappa shape index (κ1) is 17.5. The van der Waals surface area contributed by atoms with Crippen LogP contribution in [0.5, 0.6) is 0 Å². The molecule has 1 nitrogen and oxygen atoms in total. The predicted molar refractivity (Wildman–Crippen MR) is 96.2 cm³/mol. The summed E-state index contributed by atoms with van der Waals surface area (Å²) in [6.07, 6.45) is 23.5. The monoisotopic (exact) mass is 301 g/mol. The molecule has 0 aliphatic heterocycles. The van der Waals surface area contributed by atoms with Gasteiger partial charge in [-0.1, -0.05) is 82.5 Å². The van der Waals surface area contributed by atoms with Gasteiger partial charge in [0.25, 0.3) is 0 Å². The van der Waals surface area contributed by atoms with E-state index in [1.807, 2.05) is 0 Å². The second-order valence-corrected chi connectivity index (χ2v) is 7.53. The van der Waals surface area contributed by atoms with Crippen LogP contribution in [-0.2, 0) is 0 Å². The van der Waals surface area contributed by atoms with E-state index in [0.717, 1.165) is 11.8 Å². The molecule has 22 heavy (non-hydrogen) atoms. The first-order chi connectivity index (χ1) is 10.9. The molecule has 1 heteroatoms. The standard InChI is InChI=1S/C21H35N/c22-16-10-9-14-20-13-7-4-8-15-21(18-20)17-19-11-5-2-1-3-6-12-19/h10,16,19-21H,1-8,11-13,15,17-18,22H2/b16-10+. The fraction of sp³-hybridized carbons (Fsp3) is 0.810. The molecule has 2 atom stereocenters. The van der Waals surface area contributed by atoms with E-state index in [2.05, 4.69) is 11.8 Å². The number of nitrogens with two attached hydrogens (primary N) is 1. The molecule has 0 bridgehead atoms. The number of rotatable bonds is 2. The van der Waals surface area contributed by atoms with Crippen LogP contribution in [0.4, 0.5) is 0 Å². The van der Waals surface area contributed by atoms with Crippen molar-refractivity contribution in [1.29, 1.82) is 0 Å². The van der Waals surface area contributed by atoms with Crippen LogP contribution in [0.15, 0.2) is 12.3 Å². The van der Waals surface area contributed by atoms with Gasteiger partial charge in [0.2, 0.25) is 0 Å². The molecule has 2 aliphatic carbocycles. The maximum absolute atomic E-state index is 5.40. The minimum Gasteiger partial charge on any atom is -0.404 e. The van der Waals surface area contributed by atoms with E-state index in [9.17, 15) is 0 Å². The van der Waals surface area contributed by atoms with Gasteiger partial charge in [0.1, 0.15) is 0 Å². The van der Waals surface area contributed by atoms with Gasteiger partial charge in [0.15, 0.2) is 0 Å². The van der Waals surface area contributed by atoms with E-state index < -0.39 is 0 Å². The third kappa shape index (κ3) is 6.91. The average Bonchev–Trinajstić information content (AvgIpc) is 2.46. The summed E-state index contributed by atoms with van der Waals surface area (Å²) in [7, 11) is 0. The molecular formula is C21H35N. The zero-order chi connectivity index (χ0) is 15.5. The predicted octanol–water partition coefficient (Wildman–Crippen LogP) is 5.80. The SMILES string of the molecule is N/C=C/C#CC1CCCCCC(CC2CCCCCCC2)C1. The Morgan fingerprint density at radius 2 is 1.36 bits per heavy atom. The van der Waals surface area contributed by atoms with Crippen LogP contribution in [0.2, 0.25) is 0 Å². The zero-order valence-corrected chi connectivity index (χ0v) is 14.4. The van der Waals surface area contributed by atoms with Crippen LogP contribution in [0.3, 0.4) is 0 Å². The van der Waals surface area contributed by atoms with Crippen molar-refractivity contribution in [1.82, 2.24) is 0 Å². The van der Waals surface area contributed by atoms with Gasteiger partial charge < -0.3 is 5.73 Å². The second kappa shape index (κ2) is 10.8. The summed E-state index contributed by atoms with van der Waals surface area (Å²) in [5.74, 6) is 9.13. The van der Waals surface area contributed by atoms with Gasteiger partial charge >= 0.3 is 0 Å². The van der Waals surface area contributed by atoms with Crippen molar-refractivity contribution in [3.05, 3.63) is 12.3 Å². The molecule has 2 aliphatic rings. The summed E-state index contributed by atoms with van der Waals surface area (Å²) in [5, 5.41) is 0. The number of allylic oxidation sites excluding steroid dienone is 1. The summed E-state index contributed by atoms with van der Waals surface area (Å²) in [6, 6.07) is 0. The zero-order valence-electron chi connectivity index (χ0n) is 14.4. The fourth-order valence-corrected chi connectivity index (χ4v) is 4.45. The normalized spacial score (nSPS) is 28.9. The van der Waals surface area contributed by atoms with E-state index in [4.69, 9.17) is 5.73 Å². The Balaban J connectivity index is 1.87. The highest BCUT2D eigenvalue weighted by molar-refractivity contribution is 5.16. The largest absolute Gasteiger partial charge is 0.404 e. The summed E-state index contributed by atoms with van der Waals surface area (Å²) >= 11 is 0. The smallest absolute Gasteiger partial charge is 0.0209 e. The third-order valence-corrected chi connectivity index (χ3v) is 5.64. The van der Waals surface area contributed by atoms with Crippen molar-refractivity contribution in [2.75, 3.05) is 0 Å². The molecule has 124 valence electrons. The lowest BCUT2D eigenvalue weighted by Crippen LogP contribution is -2.16. The molecule has 0 heterocycles. The second-order valence-electron chi connectivity index (χ2n) is 7.53. The molecule has 0 amide bonds. The lowest BCUT2D eigenvalue weighted by atomic mass is 9.77. The molecule has 0 radical (unpaired) electrons. The van der Waals surface area contributed by atoms with Gasteiger partial charge in [-0.25, -0.2) is 0 Å². The fourth-order valence-electron chi connectivity index (χ4n) is 4.45. The third-order valence-electron chi connectivity index (χ3n) is 5.64. The van der Waals surface area contributed by atoms with E-state index in [1.54, 1.807) is 12.3 Å². The molecule has 0 aromatic carbocycles.